The van der Waals surface area contributed by atoms with Crippen LogP contribution in [0.3, 0.4) is 0 Å². The molecular formula is C12H18BrN. The van der Waals surface area contributed by atoms with Gasteiger partial charge in [0, 0.05) is 6.54 Å². The summed E-state index contributed by atoms with van der Waals surface area (Å²) in [6.07, 6.45) is 0. The zero-order valence-corrected chi connectivity index (χ0v) is 11.0. The molecule has 1 aromatic carbocycles. The maximum atomic E-state index is 3.46. The van der Waals surface area contributed by atoms with E-state index in [9.17, 15) is 0 Å². The number of rotatable bonds is 3. The average molecular weight is 256 g/mol. The first kappa shape index (κ1) is 11.7. The van der Waals surface area contributed by atoms with E-state index in [1.165, 1.54) is 22.3 Å². The molecule has 0 radical (unpaired) electrons. The molecule has 78 valence electrons. The van der Waals surface area contributed by atoms with Crippen molar-refractivity contribution in [3.05, 3.63) is 34.4 Å². The van der Waals surface area contributed by atoms with Crippen molar-refractivity contribution < 1.29 is 0 Å². The van der Waals surface area contributed by atoms with E-state index in [1.807, 2.05) is 0 Å². The molecular weight excluding hydrogens is 238 g/mol. The normalized spacial score (nSPS) is 11.0. The fraction of sp³-hybridized carbons (Fsp3) is 0.500. The van der Waals surface area contributed by atoms with Crippen molar-refractivity contribution in [2.75, 3.05) is 12.5 Å². The third-order valence-corrected chi connectivity index (χ3v) is 3.45. The van der Waals surface area contributed by atoms with Gasteiger partial charge >= 0.3 is 0 Å². The summed E-state index contributed by atoms with van der Waals surface area (Å²) in [4.78, 5) is 2.25. The van der Waals surface area contributed by atoms with Crippen molar-refractivity contribution >= 4 is 15.9 Å². The third-order valence-electron chi connectivity index (χ3n) is 2.60. The van der Waals surface area contributed by atoms with Gasteiger partial charge in [-0.2, -0.15) is 0 Å². The summed E-state index contributed by atoms with van der Waals surface area (Å²) in [5, 5.41) is 0. The summed E-state index contributed by atoms with van der Waals surface area (Å²) in [7, 11) is 2.11. The van der Waals surface area contributed by atoms with Crippen LogP contribution in [0, 0.1) is 20.8 Å². The van der Waals surface area contributed by atoms with Gasteiger partial charge in [-0.25, -0.2) is 0 Å². The lowest BCUT2D eigenvalue weighted by Crippen LogP contribution is -2.16. The Balaban J connectivity index is 2.92. The fourth-order valence-corrected chi connectivity index (χ4v) is 1.70. The predicted octanol–water partition coefficient (Wildman–Crippen LogP) is 3.40. The van der Waals surface area contributed by atoms with Crippen LogP contribution < -0.4 is 0 Å². The standard InChI is InChI=1S/C12H18BrN/c1-9-5-11(3)12(6-10(9)2)7-14(4)8-13/h5-6H,7-8H2,1-4H3. The number of aryl methyl sites for hydroxylation is 3. The molecule has 14 heavy (non-hydrogen) atoms. The Labute approximate surface area is 95.2 Å². The lowest BCUT2D eigenvalue weighted by Gasteiger charge is -2.16. The highest BCUT2D eigenvalue weighted by molar-refractivity contribution is 9.09. The Hall–Kier alpha value is -0.340. The second-order valence-corrected chi connectivity index (χ2v) is 4.50. The van der Waals surface area contributed by atoms with Gasteiger partial charge in [-0.05, 0) is 50.1 Å². The fourth-order valence-electron chi connectivity index (χ4n) is 1.52. The summed E-state index contributed by atoms with van der Waals surface area (Å²) < 4.78 is 0. The van der Waals surface area contributed by atoms with Gasteiger partial charge in [0.2, 0.25) is 0 Å². The summed E-state index contributed by atoms with van der Waals surface area (Å²) >= 11 is 3.46. The Morgan fingerprint density at radius 2 is 1.64 bits per heavy atom. The molecule has 1 rings (SSSR count). The van der Waals surface area contributed by atoms with Crippen molar-refractivity contribution in [2.24, 2.45) is 0 Å². The van der Waals surface area contributed by atoms with Gasteiger partial charge in [-0.3, -0.25) is 4.90 Å². The molecule has 2 heteroatoms. The lowest BCUT2D eigenvalue weighted by molar-refractivity contribution is 0.389. The number of alkyl halides is 1. The van der Waals surface area contributed by atoms with Crippen LogP contribution in [0.4, 0.5) is 0 Å². The van der Waals surface area contributed by atoms with E-state index >= 15 is 0 Å². The Bertz CT molecular complexity index is 320. The van der Waals surface area contributed by atoms with Crippen LogP contribution in [0.2, 0.25) is 0 Å². The van der Waals surface area contributed by atoms with E-state index in [2.05, 4.69) is 60.8 Å². The molecule has 1 nitrogen and oxygen atoms in total. The number of hydrogen-bond acceptors (Lipinski definition) is 1. The van der Waals surface area contributed by atoms with Crippen molar-refractivity contribution in [3.63, 3.8) is 0 Å². The van der Waals surface area contributed by atoms with Crippen LogP contribution in [0.15, 0.2) is 12.1 Å². The molecule has 0 aliphatic heterocycles. The summed E-state index contributed by atoms with van der Waals surface area (Å²) in [6.45, 7) is 7.54. The van der Waals surface area contributed by atoms with Crippen LogP contribution in [0.1, 0.15) is 22.3 Å². The highest BCUT2D eigenvalue weighted by atomic mass is 79.9. The molecule has 0 unspecified atom stereocenters. The summed E-state index contributed by atoms with van der Waals surface area (Å²) in [5.74, 6) is 0. The number of nitrogens with zero attached hydrogens (tertiary/aromatic N) is 1. The highest BCUT2D eigenvalue weighted by Crippen LogP contribution is 2.16. The molecule has 1 aromatic rings. The van der Waals surface area contributed by atoms with E-state index in [-0.39, 0.29) is 0 Å². The lowest BCUT2D eigenvalue weighted by atomic mass is 10.0. The number of halogens is 1. The second-order valence-electron chi connectivity index (χ2n) is 4.00. The predicted molar refractivity (Wildman–Crippen MR) is 65.9 cm³/mol. The SMILES string of the molecule is Cc1cc(C)c(CN(C)CBr)cc1C. The molecule has 0 saturated carbocycles. The number of benzene rings is 1. The van der Waals surface area contributed by atoms with Gasteiger partial charge in [0.15, 0.2) is 0 Å². The van der Waals surface area contributed by atoms with Crippen molar-refractivity contribution in [3.8, 4) is 0 Å². The molecule has 0 saturated heterocycles. The number of hydrogen-bond donors (Lipinski definition) is 0. The zero-order valence-electron chi connectivity index (χ0n) is 9.39. The molecule has 0 N–H and O–H groups in total. The molecule has 0 spiro atoms. The Kier molecular flexibility index (Phi) is 4.14. The van der Waals surface area contributed by atoms with Gasteiger partial charge in [-0.1, -0.05) is 28.1 Å². The molecule has 0 fully saturated rings. The van der Waals surface area contributed by atoms with Gasteiger partial charge < -0.3 is 0 Å². The average Bonchev–Trinajstić information content (AvgIpc) is 2.14. The van der Waals surface area contributed by atoms with E-state index in [0.29, 0.717) is 0 Å². The van der Waals surface area contributed by atoms with Gasteiger partial charge in [0.05, 0.1) is 5.45 Å². The van der Waals surface area contributed by atoms with Crippen LogP contribution >= 0.6 is 15.9 Å². The quantitative estimate of drug-likeness (QED) is 0.591. The van der Waals surface area contributed by atoms with Crippen LogP contribution in [0.5, 0.6) is 0 Å². The van der Waals surface area contributed by atoms with Crippen LogP contribution in [0.25, 0.3) is 0 Å². The summed E-state index contributed by atoms with van der Waals surface area (Å²) in [5.41, 5.74) is 6.50. The Morgan fingerprint density at radius 3 is 2.21 bits per heavy atom. The maximum absolute atomic E-state index is 3.46. The minimum atomic E-state index is 0.916. The van der Waals surface area contributed by atoms with Crippen molar-refractivity contribution in [2.45, 2.75) is 27.3 Å². The highest BCUT2D eigenvalue weighted by Gasteiger charge is 2.04. The molecule has 0 amide bonds. The minimum absolute atomic E-state index is 0.916. The second kappa shape index (κ2) is 4.94. The van der Waals surface area contributed by atoms with Crippen molar-refractivity contribution in [1.82, 2.24) is 4.90 Å². The zero-order chi connectivity index (χ0) is 10.7. The molecule has 0 atom stereocenters. The first-order valence-corrected chi connectivity index (χ1v) is 5.98. The molecule has 0 bridgehead atoms. The topological polar surface area (TPSA) is 3.24 Å². The first-order chi connectivity index (χ1) is 6.54. The monoisotopic (exact) mass is 255 g/mol. The molecule has 0 aliphatic carbocycles. The Morgan fingerprint density at radius 1 is 1.07 bits per heavy atom. The van der Waals surface area contributed by atoms with E-state index in [0.717, 1.165) is 12.0 Å². The van der Waals surface area contributed by atoms with Gasteiger partial charge in [0.25, 0.3) is 0 Å². The molecule has 0 heterocycles. The van der Waals surface area contributed by atoms with Gasteiger partial charge in [0.1, 0.15) is 0 Å². The van der Waals surface area contributed by atoms with Crippen molar-refractivity contribution in [1.29, 1.82) is 0 Å². The minimum Gasteiger partial charge on any atom is -0.292 e. The third kappa shape index (κ3) is 2.82. The molecule has 0 aromatic heterocycles. The van der Waals surface area contributed by atoms with Crippen LogP contribution in [-0.4, -0.2) is 17.4 Å². The van der Waals surface area contributed by atoms with E-state index < -0.39 is 0 Å². The molecule has 0 aliphatic rings. The van der Waals surface area contributed by atoms with E-state index in [1.54, 1.807) is 0 Å². The van der Waals surface area contributed by atoms with E-state index in [4.69, 9.17) is 0 Å². The van der Waals surface area contributed by atoms with Crippen LogP contribution in [-0.2, 0) is 6.54 Å². The largest absolute Gasteiger partial charge is 0.292 e. The smallest absolute Gasteiger partial charge is 0.0542 e. The van der Waals surface area contributed by atoms with Gasteiger partial charge in [-0.15, -0.1) is 0 Å². The summed E-state index contributed by atoms with van der Waals surface area (Å²) in [6, 6.07) is 4.57. The first-order valence-electron chi connectivity index (χ1n) is 4.86. The maximum Gasteiger partial charge on any atom is 0.0542 e.